The third kappa shape index (κ3) is 3.58. The summed E-state index contributed by atoms with van der Waals surface area (Å²) in [6.07, 6.45) is 3.20. The number of hydrogen-bond donors (Lipinski definition) is 0. The largest absolute Gasteiger partial charge is 0.497 e. The van der Waals surface area contributed by atoms with Crippen LogP contribution in [0.1, 0.15) is 36.3 Å². The Hall–Kier alpha value is -3.80. The number of aliphatic imine (C=N–C) groups is 1. The maximum absolute atomic E-state index is 13.6. The van der Waals surface area contributed by atoms with E-state index in [0.717, 1.165) is 51.8 Å². The highest BCUT2D eigenvalue weighted by Gasteiger charge is 2.30. The molecule has 5 nitrogen and oxygen atoms in total. The number of benzene rings is 2. The van der Waals surface area contributed by atoms with Crippen LogP contribution in [0, 0.1) is 5.82 Å². The fourth-order valence-corrected chi connectivity index (χ4v) is 4.17. The Bertz CT molecular complexity index is 1260. The van der Waals surface area contributed by atoms with E-state index in [1.807, 2.05) is 47.1 Å². The fraction of sp³-hybridized carbons (Fsp3) is 0.192. The predicted octanol–water partition coefficient (Wildman–Crippen LogP) is 5.77. The zero-order chi connectivity index (χ0) is 22.1. The molecule has 1 atom stereocenters. The molecule has 160 valence electrons. The van der Waals surface area contributed by atoms with Crippen LogP contribution in [-0.2, 0) is 6.42 Å². The normalized spacial score (nSPS) is 15.2. The molecule has 1 aliphatic rings. The molecule has 5 rings (SSSR count). The van der Waals surface area contributed by atoms with Crippen LogP contribution < -0.4 is 4.74 Å². The van der Waals surface area contributed by atoms with E-state index in [4.69, 9.17) is 14.8 Å². The van der Waals surface area contributed by atoms with Crippen LogP contribution in [0.15, 0.2) is 77.9 Å². The number of methoxy groups -OCH3 is 1. The molecule has 1 aliphatic heterocycles. The molecular formula is C26H23FN4O. The molecule has 0 saturated carbocycles. The van der Waals surface area contributed by atoms with E-state index in [1.165, 1.54) is 12.1 Å². The summed E-state index contributed by atoms with van der Waals surface area (Å²) in [6.45, 7) is 2.10. The first-order valence-electron chi connectivity index (χ1n) is 10.7. The molecule has 0 spiro atoms. The lowest BCUT2D eigenvalue weighted by atomic mass is 9.97. The van der Waals surface area contributed by atoms with Crippen molar-refractivity contribution in [2.24, 2.45) is 4.99 Å². The third-order valence-electron chi connectivity index (χ3n) is 5.80. The summed E-state index contributed by atoms with van der Waals surface area (Å²) >= 11 is 0. The molecule has 0 amide bonds. The highest BCUT2D eigenvalue weighted by atomic mass is 19.1. The number of ether oxygens (including phenoxy) is 1. The van der Waals surface area contributed by atoms with Crippen LogP contribution in [0.4, 0.5) is 10.2 Å². The number of aromatic nitrogens is 3. The molecular weight excluding hydrogens is 403 g/mol. The molecule has 32 heavy (non-hydrogen) atoms. The lowest BCUT2D eigenvalue weighted by molar-refractivity contribution is 0.415. The average molecular weight is 426 g/mol. The van der Waals surface area contributed by atoms with Gasteiger partial charge in [0.15, 0.2) is 5.82 Å². The molecule has 0 N–H and O–H groups in total. The summed E-state index contributed by atoms with van der Waals surface area (Å²) in [4.78, 5) is 9.66. The SMILES string of the molecule is CCc1nn2c(c1-c1ccc(OC)cc1)N=C(c1ccc(F)cc1)CC2c1ccccn1. The number of aryl methyl sites for hydroxylation is 1. The van der Waals surface area contributed by atoms with Gasteiger partial charge in [-0.05, 0) is 53.9 Å². The van der Waals surface area contributed by atoms with Crippen molar-refractivity contribution < 1.29 is 9.13 Å². The van der Waals surface area contributed by atoms with Gasteiger partial charge >= 0.3 is 0 Å². The Morgan fingerprint density at radius 3 is 2.41 bits per heavy atom. The van der Waals surface area contributed by atoms with E-state index < -0.39 is 0 Å². The topological polar surface area (TPSA) is 52.3 Å². The first kappa shape index (κ1) is 20.1. The Morgan fingerprint density at radius 1 is 1.00 bits per heavy atom. The maximum Gasteiger partial charge on any atom is 0.159 e. The second-order valence-corrected chi connectivity index (χ2v) is 7.71. The molecule has 2 aromatic heterocycles. The number of rotatable bonds is 5. The highest BCUT2D eigenvalue weighted by Crippen LogP contribution is 2.42. The summed E-state index contributed by atoms with van der Waals surface area (Å²) in [5, 5.41) is 4.97. The summed E-state index contributed by atoms with van der Waals surface area (Å²) in [5.74, 6) is 1.34. The van der Waals surface area contributed by atoms with Gasteiger partial charge in [0.05, 0.1) is 24.2 Å². The Morgan fingerprint density at radius 2 is 1.75 bits per heavy atom. The van der Waals surface area contributed by atoms with Gasteiger partial charge in [-0.2, -0.15) is 5.10 Å². The fourth-order valence-electron chi connectivity index (χ4n) is 4.17. The van der Waals surface area contributed by atoms with E-state index in [-0.39, 0.29) is 11.9 Å². The second kappa shape index (κ2) is 8.38. The van der Waals surface area contributed by atoms with Gasteiger partial charge in [-0.15, -0.1) is 0 Å². The van der Waals surface area contributed by atoms with Gasteiger partial charge in [0.25, 0.3) is 0 Å². The molecule has 2 aromatic carbocycles. The minimum atomic E-state index is -0.260. The third-order valence-corrected chi connectivity index (χ3v) is 5.80. The minimum Gasteiger partial charge on any atom is -0.497 e. The van der Waals surface area contributed by atoms with Crippen LogP contribution in [0.3, 0.4) is 0 Å². The number of nitrogens with zero attached hydrogens (tertiary/aromatic N) is 4. The molecule has 0 fully saturated rings. The number of halogens is 1. The van der Waals surface area contributed by atoms with Gasteiger partial charge < -0.3 is 4.74 Å². The van der Waals surface area contributed by atoms with Crippen molar-refractivity contribution in [2.75, 3.05) is 7.11 Å². The molecule has 6 heteroatoms. The quantitative estimate of drug-likeness (QED) is 0.407. The summed E-state index contributed by atoms with van der Waals surface area (Å²) < 4.78 is 20.9. The maximum atomic E-state index is 13.6. The van der Waals surface area contributed by atoms with Crippen LogP contribution >= 0.6 is 0 Å². The van der Waals surface area contributed by atoms with Gasteiger partial charge in [-0.1, -0.05) is 37.3 Å². The Balaban J connectivity index is 1.72. The Kier molecular flexibility index (Phi) is 5.27. The van der Waals surface area contributed by atoms with E-state index >= 15 is 0 Å². The average Bonchev–Trinajstić information content (AvgIpc) is 3.23. The zero-order valence-corrected chi connectivity index (χ0v) is 18.0. The first-order valence-corrected chi connectivity index (χ1v) is 10.7. The van der Waals surface area contributed by atoms with Crippen LogP contribution in [0.5, 0.6) is 5.75 Å². The number of pyridine rings is 1. The molecule has 0 aliphatic carbocycles. The van der Waals surface area contributed by atoms with Gasteiger partial charge in [0, 0.05) is 18.2 Å². The van der Waals surface area contributed by atoms with E-state index in [9.17, 15) is 4.39 Å². The van der Waals surface area contributed by atoms with Crippen molar-refractivity contribution in [3.63, 3.8) is 0 Å². The van der Waals surface area contributed by atoms with E-state index in [0.29, 0.717) is 6.42 Å². The standard InChI is InChI=1S/C26H23FN4O/c1-3-21-25(18-9-13-20(32-2)14-10-18)26-29-23(17-7-11-19(27)12-8-17)16-24(31(26)30-21)22-6-4-5-15-28-22/h4-15,24H,3,16H2,1-2H3. The van der Waals surface area contributed by atoms with Gasteiger partial charge in [0.1, 0.15) is 17.6 Å². The first-order chi connectivity index (χ1) is 15.7. The van der Waals surface area contributed by atoms with E-state index in [2.05, 4.69) is 11.9 Å². The lowest BCUT2D eigenvalue weighted by Gasteiger charge is -2.24. The molecule has 1 unspecified atom stereocenters. The minimum absolute atomic E-state index is 0.0962. The van der Waals surface area contributed by atoms with Crippen molar-refractivity contribution >= 4 is 11.5 Å². The monoisotopic (exact) mass is 426 g/mol. The smallest absolute Gasteiger partial charge is 0.159 e. The van der Waals surface area contributed by atoms with Crippen LogP contribution in [0.25, 0.3) is 11.1 Å². The lowest BCUT2D eigenvalue weighted by Crippen LogP contribution is -2.22. The molecule has 0 radical (unpaired) electrons. The highest BCUT2D eigenvalue weighted by molar-refractivity contribution is 6.04. The van der Waals surface area contributed by atoms with E-state index in [1.54, 1.807) is 25.4 Å². The molecule has 0 saturated heterocycles. The van der Waals surface area contributed by atoms with Crippen molar-refractivity contribution in [2.45, 2.75) is 25.8 Å². The number of hydrogen-bond acceptors (Lipinski definition) is 4. The van der Waals surface area contributed by atoms with Crippen LogP contribution in [-0.4, -0.2) is 27.6 Å². The van der Waals surface area contributed by atoms with Gasteiger partial charge in [-0.25, -0.2) is 14.1 Å². The zero-order valence-electron chi connectivity index (χ0n) is 18.0. The number of fused-ring (bicyclic) bond motifs is 1. The predicted molar refractivity (Wildman–Crippen MR) is 123 cm³/mol. The van der Waals surface area contributed by atoms with Crippen molar-refractivity contribution in [3.05, 3.63) is 95.7 Å². The summed E-state index contributed by atoms with van der Waals surface area (Å²) in [6, 6.07) is 20.3. The molecule has 3 heterocycles. The summed E-state index contributed by atoms with van der Waals surface area (Å²) in [5.41, 5.74) is 5.75. The summed E-state index contributed by atoms with van der Waals surface area (Å²) in [7, 11) is 1.66. The Labute approximate surface area is 186 Å². The molecule has 4 aromatic rings. The van der Waals surface area contributed by atoms with Crippen molar-refractivity contribution in [1.82, 2.24) is 14.8 Å². The van der Waals surface area contributed by atoms with Crippen LogP contribution in [0.2, 0.25) is 0 Å². The van der Waals surface area contributed by atoms with Crippen molar-refractivity contribution in [1.29, 1.82) is 0 Å². The van der Waals surface area contributed by atoms with Gasteiger partial charge in [0.2, 0.25) is 0 Å². The van der Waals surface area contributed by atoms with Gasteiger partial charge in [-0.3, -0.25) is 4.98 Å². The second-order valence-electron chi connectivity index (χ2n) is 7.71. The molecule has 0 bridgehead atoms. The van der Waals surface area contributed by atoms with Crippen molar-refractivity contribution in [3.8, 4) is 16.9 Å².